The SMILES string of the molecule is Cl.Cl.Cn1cncc1C(NC1CCN(C(=O)c2ccccc2)CC1)c1ccc(C#N)c(-c2cccc3ccccc23)c1. The van der Waals surface area contributed by atoms with Crippen LogP contribution in [0.3, 0.4) is 0 Å². The van der Waals surface area contributed by atoms with Gasteiger partial charge in [-0.3, -0.25) is 4.79 Å². The molecule has 1 amide bonds. The zero-order valence-corrected chi connectivity index (χ0v) is 24.9. The molecular formula is C34H33Cl2N5O. The quantitative estimate of drug-likeness (QED) is 0.230. The molecule has 1 aliphatic rings. The Morgan fingerprint density at radius 3 is 2.36 bits per heavy atom. The summed E-state index contributed by atoms with van der Waals surface area (Å²) in [6.45, 7) is 1.41. The average molecular weight is 599 g/mol. The van der Waals surface area contributed by atoms with Crippen LogP contribution < -0.4 is 5.32 Å². The van der Waals surface area contributed by atoms with Crippen LogP contribution in [-0.4, -0.2) is 39.5 Å². The Labute approximate surface area is 258 Å². The van der Waals surface area contributed by atoms with Gasteiger partial charge in [-0.25, -0.2) is 4.98 Å². The first-order valence-corrected chi connectivity index (χ1v) is 13.7. The number of fused-ring (bicyclic) bond motifs is 1. The molecule has 1 N–H and O–H groups in total. The van der Waals surface area contributed by atoms with E-state index in [1.807, 2.05) is 89.7 Å². The number of hydrogen-bond donors (Lipinski definition) is 1. The maximum Gasteiger partial charge on any atom is 0.253 e. The lowest BCUT2D eigenvalue weighted by atomic mass is 9.90. The number of rotatable bonds is 6. The van der Waals surface area contributed by atoms with Crippen LogP contribution in [0.25, 0.3) is 21.9 Å². The number of aryl methyl sites for hydroxylation is 1. The minimum absolute atomic E-state index is 0. The maximum absolute atomic E-state index is 13.0. The van der Waals surface area contributed by atoms with Crippen molar-refractivity contribution in [2.45, 2.75) is 24.9 Å². The molecule has 1 saturated heterocycles. The largest absolute Gasteiger partial charge is 0.339 e. The van der Waals surface area contributed by atoms with Gasteiger partial charge in [-0.05, 0) is 59.0 Å². The average Bonchev–Trinajstić information content (AvgIpc) is 3.45. The summed E-state index contributed by atoms with van der Waals surface area (Å²) in [6.07, 6.45) is 5.45. The van der Waals surface area contributed by atoms with E-state index in [2.05, 4.69) is 46.7 Å². The van der Waals surface area contributed by atoms with Gasteiger partial charge in [-0.15, -0.1) is 24.8 Å². The Morgan fingerprint density at radius 2 is 1.64 bits per heavy atom. The van der Waals surface area contributed by atoms with E-state index in [0.29, 0.717) is 18.7 Å². The smallest absolute Gasteiger partial charge is 0.253 e. The number of carbonyl (C=O) groups excluding carboxylic acids is 1. The minimum atomic E-state index is -0.115. The number of amides is 1. The highest BCUT2D eigenvalue weighted by atomic mass is 35.5. The number of aromatic nitrogens is 2. The van der Waals surface area contributed by atoms with Crippen molar-refractivity contribution in [2.24, 2.45) is 7.05 Å². The van der Waals surface area contributed by atoms with E-state index in [4.69, 9.17) is 0 Å². The van der Waals surface area contributed by atoms with Crippen molar-refractivity contribution in [1.82, 2.24) is 19.8 Å². The lowest BCUT2D eigenvalue weighted by Crippen LogP contribution is -2.46. The molecule has 0 spiro atoms. The Morgan fingerprint density at radius 1 is 0.929 bits per heavy atom. The normalized spacial score (nSPS) is 14.0. The van der Waals surface area contributed by atoms with Gasteiger partial charge in [-0.1, -0.05) is 66.7 Å². The van der Waals surface area contributed by atoms with Gasteiger partial charge in [0.15, 0.2) is 0 Å². The number of carbonyl (C=O) groups is 1. The highest BCUT2D eigenvalue weighted by Crippen LogP contribution is 2.34. The Hall–Kier alpha value is -4.15. The summed E-state index contributed by atoms with van der Waals surface area (Å²) < 4.78 is 2.04. The van der Waals surface area contributed by atoms with Gasteiger partial charge in [0, 0.05) is 37.3 Å². The van der Waals surface area contributed by atoms with E-state index in [-0.39, 0.29) is 42.8 Å². The summed E-state index contributed by atoms with van der Waals surface area (Å²) in [5.74, 6) is 0.0917. The molecule has 4 aromatic carbocycles. The van der Waals surface area contributed by atoms with Crippen LogP contribution in [0.5, 0.6) is 0 Å². The summed E-state index contributed by atoms with van der Waals surface area (Å²) >= 11 is 0. The highest BCUT2D eigenvalue weighted by Gasteiger charge is 2.28. The Balaban J connectivity index is 0.00000202. The number of benzene rings is 4. The van der Waals surface area contributed by atoms with Crippen molar-refractivity contribution in [1.29, 1.82) is 5.26 Å². The van der Waals surface area contributed by atoms with Gasteiger partial charge in [0.25, 0.3) is 5.91 Å². The molecule has 6 rings (SSSR count). The van der Waals surface area contributed by atoms with E-state index < -0.39 is 0 Å². The first-order valence-electron chi connectivity index (χ1n) is 13.7. The molecule has 2 heterocycles. The number of nitrogens with zero attached hydrogens (tertiary/aromatic N) is 4. The third kappa shape index (κ3) is 6.19. The second-order valence-electron chi connectivity index (χ2n) is 10.4. The molecule has 214 valence electrons. The number of halogens is 2. The molecule has 1 atom stereocenters. The van der Waals surface area contributed by atoms with E-state index >= 15 is 0 Å². The summed E-state index contributed by atoms with van der Waals surface area (Å²) in [6, 6.07) is 32.7. The zero-order chi connectivity index (χ0) is 27.5. The fourth-order valence-corrected chi connectivity index (χ4v) is 5.77. The molecule has 1 unspecified atom stereocenters. The van der Waals surface area contributed by atoms with Gasteiger partial charge in [0.1, 0.15) is 0 Å². The summed E-state index contributed by atoms with van der Waals surface area (Å²) in [5.41, 5.74) is 5.49. The van der Waals surface area contributed by atoms with Crippen molar-refractivity contribution in [2.75, 3.05) is 13.1 Å². The van der Waals surface area contributed by atoms with Crippen molar-refractivity contribution in [3.05, 3.63) is 126 Å². The molecule has 0 saturated carbocycles. The number of nitriles is 1. The van der Waals surface area contributed by atoms with Crippen LogP contribution in [0.2, 0.25) is 0 Å². The van der Waals surface area contributed by atoms with Crippen molar-refractivity contribution < 1.29 is 4.79 Å². The van der Waals surface area contributed by atoms with Crippen molar-refractivity contribution in [3.8, 4) is 17.2 Å². The third-order valence-corrected chi connectivity index (χ3v) is 7.93. The molecule has 1 aromatic heterocycles. The molecule has 5 aromatic rings. The van der Waals surface area contributed by atoms with Crippen molar-refractivity contribution in [3.63, 3.8) is 0 Å². The van der Waals surface area contributed by atoms with Crippen LogP contribution >= 0.6 is 24.8 Å². The van der Waals surface area contributed by atoms with E-state index in [1.54, 1.807) is 0 Å². The van der Waals surface area contributed by atoms with Gasteiger partial charge < -0.3 is 14.8 Å². The first kappa shape index (κ1) is 30.8. The number of piperidine rings is 1. The summed E-state index contributed by atoms with van der Waals surface area (Å²) in [7, 11) is 2.01. The van der Waals surface area contributed by atoms with Crippen LogP contribution in [0.1, 0.15) is 46.1 Å². The molecule has 0 bridgehead atoms. The Kier molecular flexibility index (Phi) is 10.0. The van der Waals surface area contributed by atoms with Crippen LogP contribution in [0.15, 0.2) is 104 Å². The molecule has 8 heteroatoms. The molecule has 1 aliphatic heterocycles. The topological polar surface area (TPSA) is 74.0 Å². The van der Waals surface area contributed by atoms with Gasteiger partial charge in [0.05, 0.1) is 35.9 Å². The molecule has 0 aliphatic carbocycles. The lowest BCUT2D eigenvalue weighted by molar-refractivity contribution is 0.0702. The second kappa shape index (κ2) is 13.7. The third-order valence-electron chi connectivity index (χ3n) is 7.93. The first-order chi connectivity index (χ1) is 19.6. The molecule has 1 fully saturated rings. The number of imidazole rings is 1. The zero-order valence-electron chi connectivity index (χ0n) is 23.3. The second-order valence-corrected chi connectivity index (χ2v) is 10.4. The fraction of sp³-hybridized carbons (Fsp3) is 0.206. The lowest BCUT2D eigenvalue weighted by Gasteiger charge is -2.35. The summed E-state index contributed by atoms with van der Waals surface area (Å²) in [4.78, 5) is 19.3. The van der Waals surface area contributed by atoms with Crippen LogP contribution in [-0.2, 0) is 7.05 Å². The fourth-order valence-electron chi connectivity index (χ4n) is 5.77. The van der Waals surface area contributed by atoms with E-state index in [0.717, 1.165) is 51.6 Å². The van der Waals surface area contributed by atoms with E-state index in [1.165, 1.54) is 0 Å². The number of nitrogens with one attached hydrogen (secondary N) is 1. The molecule has 6 nitrogen and oxygen atoms in total. The molecule has 0 radical (unpaired) electrons. The van der Waals surface area contributed by atoms with Crippen LogP contribution in [0, 0.1) is 11.3 Å². The van der Waals surface area contributed by atoms with E-state index in [9.17, 15) is 10.1 Å². The minimum Gasteiger partial charge on any atom is -0.339 e. The Bertz CT molecular complexity index is 1700. The van der Waals surface area contributed by atoms with Crippen molar-refractivity contribution >= 4 is 41.5 Å². The molecular weight excluding hydrogens is 565 g/mol. The highest BCUT2D eigenvalue weighted by molar-refractivity contribution is 5.98. The van der Waals surface area contributed by atoms with Gasteiger partial charge >= 0.3 is 0 Å². The van der Waals surface area contributed by atoms with Gasteiger partial charge in [-0.2, -0.15) is 5.26 Å². The number of likely N-dealkylation sites (tertiary alicyclic amines) is 1. The number of hydrogen-bond acceptors (Lipinski definition) is 4. The molecule has 42 heavy (non-hydrogen) atoms. The predicted molar refractivity (Wildman–Crippen MR) is 172 cm³/mol. The maximum atomic E-state index is 13.0. The van der Waals surface area contributed by atoms with Crippen LogP contribution in [0.4, 0.5) is 0 Å². The monoisotopic (exact) mass is 597 g/mol. The summed E-state index contributed by atoms with van der Waals surface area (Å²) in [5, 5.41) is 16.2. The standard InChI is InChI=1S/C34H31N5O.2ClH/c1-38-23-36-22-32(38)33(37-28-16-18-39(19-17-28)34(40)25-9-3-2-4-10-25)26-14-15-27(21-35)31(20-26)30-13-7-11-24-8-5-6-12-29(24)30;;/h2-15,20,22-23,28,33,37H,16-19H2,1H3;2*1H. The van der Waals surface area contributed by atoms with Gasteiger partial charge in [0.2, 0.25) is 0 Å². The predicted octanol–water partition coefficient (Wildman–Crippen LogP) is 6.94.